The van der Waals surface area contributed by atoms with Crippen LogP contribution >= 0.6 is 11.3 Å². The number of aryl methyl sites for hydroxylation is 1. The van der Waals surface area contributed by atoms with Crippen LogP contribution in [0.5, 0.6) is 0 Å². The van der Waals surface area contributed by atoms with Crippen molar-refractivity contribution in [2.75, 3.05) is 39.9 Å². The molecular formula is C14H24N2O3S2. The molecule has 1 aromatic rings. The van der Waals surface area contributed by atoms with Gasteiger partial charge in [-0.15, -0.1) is 11.3 Å². The fraction of sp³-hybridized carbons (Fsp3) is 0.714. The Bertz CT molecular complexity index is 534. The summed E-state index contributed by atoms with van der Waals surface area (Å²) in [5, 5.41) is 3.35. The van der Waals surface area contributed by atoms with Gasteiger partial charge in [-0.25, -0.2) is 8.42 Å². The molecule has 7 heteroatoms. The van der Waals surface area contributed by atoms with Crippen LogP contribution in [0.15, 0.2) is 16.3 Å². The van der Waals surface area contributed by atoms with Gasteiger partial charge in [0, 0.05) is 31.6 Å². The summed E-state index contributed by atoms with van der Waals surface area (Å²) in [4.78, 5) is 1.03. The standard InChI is InChI=1S/C14H24N2O3S2/c1-12-3-4-14(20-12)21(17,18)16-8-5-13(6-9-16)11-15-7-10-19-2/h3-4,13,15H,5-11H2,1-2H3. The first-order chi connectivity index (χ1) is 10.0. The van der Waals surface area contributed by atoms with E-state index >= 15 is 0 Å². The van der Waals surface area contributed by atoms with Gasteiger partial charge in [0.15, 0.2) is 0 Å². The van der Waals surface area contributed by atoms with Gasteiger partial charge < -0.3 is 10.1 Å². The molecule has 0 amide bonds. The molecule has 1 saturated heterocycles. The zero-order chi connectivity index (χ0) is 15.3. The predicted molar refractivity (Wildman–Crippen MR) is 85.3 cm³/mol. The van der Waals surface area contributed by atoms with E-state index < -0.39 is 10.0 Å². The lowest BCUT2D eigenvalue weighted by molar-refractivity contribution is 0.194. The third-order valence-electron chi connectivity index (χ3n) is 3.80. The summed E-state index contributed by atoms with van der Waals surface area (Å²) >= 11 is 1.35. The van der Waals surface area contributed by atoms with Crippen molar-refractivity contribution in [1.82, 2.24) is 9.62 Å². The van der Waals surface area contributed by atoms with Crippen molar-refractivity contribution < 1.29 is 13.2 Å². The van der Waals surface area contributed by atoms with Gasteiger partial charge >= 0.3 is 0 Å². The number of methoxy groups -OCH3 is 1. The molecule has 1 aliphatic heterocycles. The van der Waals surface area contributed by atoms with E-state index in [4.69, 9.17) is 4.74 Å². The quantitative estimate of drug-likeness (QED) is 0.772. The van der Waals surface area contributed by atoms with Crippen LogP contribution in [-0.4, -0.2) is 52.6 Å². The molecule has 21 heavy (non-hydrogen) atoms. The summed E-state index contributed by atoms with van der Waals surface area (Å²) in [7, 11) is -1.59. The molecule has 5 nitrogen and oxygen atoms in total. The third-order valence-corrected chi connectivity index (χ3v) is 7.17. The smallest absolute Gasteiger partial charge is 0.252 e. The number of nitrogens with zero attached hydrogens (tertiary/aromatic N) is 1. The zero-order valence-electron chi connectivity index (χ0n) is 12.7. The Morgan fingerprint density at radius 3 is 2.67 bits per heavy atom. The maximum atomic E-state index is 12.5. The summed E-state index contributed by atoms with van der Waals surface area (Å²) in [6.45, 7) is 5.68. The van der Waals surface area contributed by atoms with Gasteiger partial charge in [0.05, 0.1) is 6.61 Å². The molecule has 120 valence electrons. The van der Waals surface area contributed by atoms with Gasteiger partial charge in [-0.3, -0.25) is 0 Å². The molecule has 0 aliphatic carbocycles. The molecule has 1 N–H and O–H groups in total. The van der Waals surface area contributed by atoms with Gasteiger partial charge in [0.1, 0.15) is 4.21 Å². The molecule has 0 aromatic carbocycles. The van der Waals surface area contributed by atoms with Crippen LogP contribution in [-0.2, 0) is 14.8 Å². The van der Waals surface area contributed by atoms with Crippen molar-refractivity contribution in [3.63, 3.8) is 0 Å². The Labute approximate surface area is 131 Å². The number of sulfonamides is 1. The van der Waals surface area contributed by atoms with E-state index in [2.05, 4.69) is 5.32 Å². The van der Waals surface area contributed by atoms with Gasteiger partial charge in [-0.05, 0) is 44.4 Å². The molecule has 0 saturated carbocycles. The second-order valence-corrected chi connectivity index (χ2v) is 8.86. The minimum atomic E-state index is -3.28. The molecule has 1 aromatic heterocycles. The lowest BCUT2D eigenvalue weighted by atomic mass is 9.98. The van der Waals surface area contributed by atoms with Crippen LogP contribution in [0, 0.1) is 12.8 Å². The number of ether oxygens (including phenoxy) is 1. The number of nitrogens with one attached hydrogen (secondary N) is 1. The van der Waals surface area contributed by atoms with Crippen molar-refractivity contribution in [2.45, 2.75) is 24.0 Å². The number of hydrogen-bond acceptors (Lipinski definition) is 5. The Hall–Kier alpha value is -0.470. The Morgan fingerprint density at radius 1 is 1.38 bits per heavy atom. The van der Waals surface area contributed by atoms with Gasteiger partial charge in [-0.1, -0.05) is 0 Å². The van der Waals surface area contributed by atoms with Crippen LogP contribution in [0.25, 0.3) is 0 Å². The van der Waals surface area contributed by atoms with E-state index in [1.807, 2.05) is 13.0 Å². The van der Waals surface area contributed by atoms with Crippen LogP contribution in [0.1, 0.15) is 17.7 Å². The Balaban J connectivity index is 1.83. The Morgan fingerprint density at radius 2 is 2.10 bits per heavy atom. The first kappa shape index (κ1) is 16.9. The van der Waals surface area contributed by atoms with Crippen molar-refractivity contribution in [3.05, 3.63) is 17.0 Å². The number of piperidine rings is 1. The van der Waals surface area contributed by atoms with Crippen LogP contribution in [0.4, 0.5) is 0 Å². The monoisotopic (exact) mass is 332 g/mol. The minimum absolute atomic E-state index is 0.469. The Kier molecular flexibility index (Phi) is 6.19. The predicted octanol–water partition coefficient (Wildman–Crippen LogP) is 1.69. The molecule has 0 atom stereocenters. The number of rotatable bonds is 7. The number of hydrogen-bond donors (Lipinski definition) is 1. The highest BCUT2D eigenvalue weighted by atomic mass is 32.2. The van der Waals surface area contributed by atoms with Crippen LogP contribution in [0.2, 0.25) is 0 Å². The lowest BCUT2D eigenvalue weighted by Gasteiger charge is -2.31. The van der Waals surface area contributed by atoms with Gasteiger partial charge in [0.2, 0.25) is 0 Å². The summed E-state index contributed by atoms with van der Waals surface area (Å²) in [6.07, 6.45) is 1.84. The molecule has 0 radical (unpaired) electrons. The van der Waals surface area contributed by atoms with Crippen molar-refractivity contribution >= 4 is 21.4 Å². The molecule has 0 spiro atoms. The normalized spacial score (nSPS) is 18.2. The summed E-state index contributed by atoms with van der Waals surface area (Å²) in [5.41, 5.74) is 0. The molecule has 1 aliphatic rings. The van der Waals surface area contributed by atoms with Gasteiger partial charge in [0.25, 0.3) is 10.0 Å². The topological polar surface area (TPSA) is 58.6 Å². The lowest BCUT2D eigenvalue weighted by Crippen LogP contribution is -2.40. The van der Waals surface area contributed by atoms with E-state index in [1.54, 1.807) is 17.5 Å². The third kappa shape index (κ3) is 4.50. The highest BCUT2D eigenvalue weighted by molar-refractivity contribution is 7.91. The van der Waals surface area contributed by atoms with E-state index in [-0.39, 0.29) is 0 Å². The zero-order valence-corrected chi connectivity index (χ0v) is 14.3. The SMILES string of the molecule is COCCNCC1CCN(S(=O)(=O)c2ccc(C)s2)CC1. The molecule has 2 heterocycles. The molecule has 0 bridgehead atoms. The maximum absolute atomic E-state index is 12.5. The fourth-order valence-electron chi connectivity index (χ4n) is 2.51. The summed E-state index contributed by atoms with van der Waals surface area (Å²) in [5.74, 6) is 0.554. The van der Waals surface area contributed by atoms with Crippen LogP contribution < -0.4 is 5.32 Å². The molecule has 0 unspecified atom stereocenters. The molecular weight excluding hydrogens is 308 g/mol. The van der Waals surface area contributed by atoms with E-state index in [0.29, 0.717) is 29.8 Å². The minimum Gasteiger partial charge on any atom is -0.383 e. The second kappa shape index (κ2) is 7.69. The average Bonchev–Trinajstić information content (AvgIpc) is 2.91. The van der Waals surface area contributed by atoms with Crippen molar-refractivity contribution in [3.8, 4) is 0 Å². The summed E-state index contributed by atoms with van der Waals surface area (Å²) in [6, 6.07) is 3.58. The van der Waals surface area contributed by atoms with Crippen molar-refractivity contribution in [2.24, 2.45) is 5.92 Å². The number of thiophene rings is 1. The molecule has 2 rings (SSSR count). The summed E-state index contributed by atoms with van der Waals surface area (Å²) < 4.78 is 32.1. The average molecular weight is 332 g/mol. The fourth-order valence-corrected chi connectivity index (χ4v) is 5.42. The highest BCUT2D eigenvalue weighted by Crippen LogP contribution is 2.27. The molecule has 1 fully saturated rings. The highest BCUT2D eigenvalue weighted by Gasteiger charge is 2.30. The largest absolute Gasteiger partial charge is 0.383 e. The van der Waals surface area contributed by atoms with E-state index in [1.165, 1.54) is 11.3 Å². The van der Waals surface area contributed by atoms with Crippen molar-refractivity contribution in [1.29, 1.82) is 0 Å². The van der Waals surface area contributed by atoms with Gasteiger partial charge in [-0.2, -0.15) is 4.31 Å². The van der Waals surface area contributed by atoms with E-state index in [9.17, 15) is 8.42 Å². The van der Waals surface area contributed by atoms with Crippen LogP contribution in [0.3, 0.4) is 0 Å². The van der Waals surface area contributed by atoms with E-state index in [0.717, 1.165) is 30.8 Å². The maximum Gasteiger partial charge on any atom is 0.252 e. The second-order valence-electron chi connectivity index (χ2n) is 5.41. The first-order valence-corrected chi connectivity index (χ1v) is 9.56. The first-order valence-electron chi connectivity index (χ1n) is 7.30.